The molecule has 0 radical (unpaired) electrons. The highest BCUT2D eigenvalue weighted by molar-refractivity contribution is 5.84. The number of fused-ring (bicyclic) bond motifs is 1. The molecular weight excluding hydrogens is 234 g/mol. The second kappa shape index (κ2) is 4.86. The Bertz CT molecular complexity index is 587. The van der Waals surface area contributed by atoms with Crippen molar-refractivity contribution in [3.8, 4) is 5.75 Å². The molecule has 1 fully saturated rings. The molecule has 2 nitrogen and oxygen atoms in total. The van der Waals surface area contributed by atoms with Crippen molar-refractivity contribution in [1.29, 1.82) is 0 Å². The van der Waals surface area contributed by atoms with Crippen LogP contribution in [0.1, 0.15) is 24.8 Å². The molecule has 0 bridgehead atoms. The Hall–Kier alpha value is -1.54. The van der Waals surface area contributed by atoms with Crippen molar-refractivity contribution < 1.29 is 4.74 Å². The third kappa shape index (κ3) is 2.10. The second-order valence-electron chi connectivity index (χ2n) is 5.59. The van der Waals surface area contributed by atoms with Crippen LogP contribution in [0.15, 0.2) is 36.4 Å². The molecule has 2 heteroatoms. The molecule has 0 unspecified atom stereocenters. The van der Waals surface area contributed by atoms with E-state index in [9.17, 15) is 0 Å². The number of hydrogen-bond donors (Lipinski definition) is 1. The van der Waals surface area contributed by atoms with Gasteiger partial charge in [-0.15, -0.1) is 0 Å². The number of hydrogen-bond acceptors (Lipinski definition) is 2. The first-order valence-corrected chi connectivity index (χ1v) is 7.00. The first-order chi connectivity index (χ1) is 9.27. The highest BCUT2D eigenvalue weighted by Crippen LogP contribution is 2.44. The third-order valence-corrected chi connectivity index (χ3v) is 4.49. The van der Waals surface area contributed by atoms with Gasteiger partial charge in [0.1, 0.15) is 5.75 Å². The van der Waals surface area contributed by atoms with Crippen LogP contribution in [0.4, 0.5) is 0 Å². The largest absolute Gasteiger partial charge is 0.497 e. The van der Waals surface area contributed by atoms with Crippen LogP contribution in [0.3, 0.4) is 0 Å². The maximum absolute atomic E-state index is 5.28. The van der Waals surface area contributed by atoms with Gasteiger partial charge in [-0.25, -0.2) is 0 Å². The van der Waals surface area contributed by atoms with Gasteiger partial charge in [0.2, 0.25) is 0 Å². The molecule has 0 spiro atoms. The van der Waals surface area contributed by atoms with Crippen molar-refractivity contribution in [3.63, 3.8) is 0 Å². The quantitative estimate of drug-likeness (QED) is 0.903. The normalized spacial score (nSPS) is 17.2. The predicted octanol–water partition coefficient (Wildman–Crippen LogP) is 3.49. The molecule has 1 aliphatic rings. The Morgan fingerprint density at radius 3 is 2.47 bits per heavy atom. The van der Waals surface area contributed by atoms with Crippen LogP contribution in [-0.4, -0.2) is 20.7 Å². The Labute approximate surface area is 114 Å². The number of likely N-dealkylation sites (N-methyl/N-ethyl adjacent to an activating group) is 1. The van der Waals surface area contributed by atoms with Crippen molar-refractivity contribution in [2.75, 3.05) is 20.7 Å². The van der Waals surface area contributed by atoms with Crippen LogP contribution in [-0.2, 0) is 5.41 Å². The first kappa shape index (κ1) is 12.5. The van der Waals surface area contributed by atoms with E-state index >= 15 is 0 Å². The van der Waals surface area contributed by atoms with Crippen LogP contribution in [0.5, 0.6) is 5.75 Å². The summed E-state index contributed by atoms with van der Waals surface area (Å²) in [6.45, 7) is 1.08. The molecule has 0 aromatic heterocycles. The van der Waals surface area contributed by atoms with Crippen LogP contribution in [0, 0.1) is 0 Å². The van der Waals surface area contributed by atoms with Gasteiger partial charge in [-0.2, -0.15) is 0 Å². The van der Waals surface area contributed by atoms with Gasteiger partial charge in [0.25, 0.3) is 0 Å². The van der Waals surface area contributed by atoms with Gasteiger partial charge in [-0.05, 0) is 48.4 Å². The molecule has 1 saturated carbocycles. The molecule has 0 atom stereocenters. The molecule has 0 amide bonds. The number of nitrogens with one attached hydrogen (secondary N) is 1. The summed E-state index contributed by atoms with van der Waals surface area (Å²) < 4.78 is 5.28. The van der Waals surface area contributed by atoms with E-state index in [1.165, 1.54) is 35.6 Å². The lowest BCUT2D eigenvalue weighted by Crippen LogP contribution is -2.42. The monoisotopic (exact) mass is 255 g/mol. The fourth-order valence-electron chi connectivity index (χ4n) is 3.19. The lowest BCUT2D eigenvalue weighted by atomic mass is 9.64. The van der Waals surface area contributed by atoms with Crippen molar-refractivity contribution in [2.24, 2.45) is 0 Å². The highest BCUT2D eigenvalue weighted by Gasteiger charge is 2.37. The van der Waals surface area contributed by atoms with E-state index < -0.39 is 0 Å². The zero-order chi connectivity index (χ0) is 13.3. The molecule has 0 heterocycles. The van der Waals surface area contributed by atoms with Gasteiger partial charge in [0, 0.05) is 12.0 Å². The van der Waals surface area contributed by atoms with Gasteiger partial charge in [-0.1, -0.05) is 30.7 Å². The van der Waals surface area contributed by atoms with Gasteiger partial charge in [0.05, 0.1) is 7.11 Å². The minimum Gasteiger partial charge on any atom is -0.497 e. The van der Waals surface area contributed by atoms with Crippen molar-refractivity contribution in [2.45, 2.75) is 24.7 Å². The summed E-state index contributed by atoms with van der Waals surface area (Å²) in [6.07, 6.45) is 3.95. The van der Waals surface area contributed by atoms with Gasteiger partial charge < -0.3 is 10.1 Å². The van der Waals surface area contributed by atoms with Crippen LogP contribution < -0.4 is 10.1 Å². The van der Waals surface area contributed by atoms with E-state index in [1.807, 2.05) is 13.1 Å². The second-order valence-corrected chi connectivity index (χ2v) is 5.59. The van der Waals surface area contributed by atoms with Crippen LogP contribution in [0.25, 0.3) is 10.8 Å². The minimum atomic E-state index is 0.364. The smallest absolute Gasteiger partial charge is 0.119 e. The minimum absolute atomic E-state index is 0.364. The van der Waals surface area contributed by atoms with E-state index in [0.29, 0.717) is 5.41 Å². The lowest BCUT2D eigenvalue weighted by molar-refractivity contribution is 0.239. The number of rotatable bonds is 4. The zero-order valence-electron chi connectivity index (χ0n) is 11.7. The zero-order valence-corrected chi connectivity index (χ0v) is 11.7. The summed E-state index contributed by atoms with van der Waals surface area (Å²) in [5.74, 6) is 0.925. The summed E-state index contributed by atoms with van der Waals surface area (Å²) in [7, 11) is 3.76. The molecule has 1 aliphatic carbocycles. The van der Waals surface area contributed by atoms with Crippen LogP contribution >= 0.6 is 0 Å². The van der Waals surface area contributed by atoms with E-state index in [4.69, 9.17) is 4.74 Å². The van der Waals surface area contributed by atoms with Gasteiger partial charge in [-0.3, -0.25) is 0 Å². The molecule has 2 aromatic rings. The average Bonchev–Trinajstić information content (AvgIpc) is 2.41. The molecule has 19 heavy (non-hydrogen) atoms. The standard InChI is InChI=1S/C17H21NO/c1-18-12-17(8-3-9-17)15-6-4-14-11-16(19-2)7-5-13(14)10-15/h4-7,10-11,18H,3,8-9,12H2,1-2H3. The lowest BCUT2D eigenvalue weighted by Gasteiger charge is -2.42. The topological polar surface area (TPSA) is 21.3 Å². The maximum Gasteiger partial charge on any atom is 0.119 e. The number of ether oxygens (including phenoxy) is 1. The van der Waals surface area contributed by atoms with E-state index in [2.05, 4.69) is 35.6 Å². The molecule has 0 aliphatic heterocycles. The van der Waals surface area contributed by atoms with Crippen molar-refractivity contribution >= 4 is 10.8 Å². The Kier molecular flexibility index (Phi) is 3.19. The molecule has 2 aromatic carbocycles. The summed E-state index contributed by atoms with van der Waals surface area (Å²) in [5, 5.41) is 5.91. The third-order valence-electron chi connectivity index (χ3n) is 4.49. The van der Waals surface area contributed by atoms with E-state index in [-0.39, 0.29) is 0 Å². The van der Waals surface area contributed by atoms with Crippen molar-refractivity contribution in [1.82, 2.24) is 5.32 Å². The molecular formula is C17H21NO. The Balaban J connectivity index is 2.01. The number of methoxy groups -OCH3 is 1. The van der Waals surface area contributed by atoms with E-state index in [0.717, 1.165) is 12.3 Å². The summed E-state index contributed by atoms with van der Waals surface area (Å²) in [4.78, 5) is 0. The van der Waals surface area contributed by atoms with Gasteiger partial charge in [0.15, 0.2) is 0 Å². The van der Waals surface area contributed by atoms with E-state index in [1.54, 1.807) is 7.11 Å². The molecule has 100 valence electrons. The highest BCUT2D eigenvalue weighted by atomic mass is 16.5. The van der Waals surface area contributed by atoms with Crippen LogP contribution in [0.2, 0.25) is 0 Å². The summed E-state index contributed by atoms with van der Waals surface area (Å²) >= 11 is 0. The fraction of sp³-hybridized carbons (Fsp3) is 0.412. The Morgan fingerprint density at radius 1 is 1.11 bits per heavy atom. The first-order valence-electron chi connectivity index (χ1n) is 7.00. The van der Waals surface area contributed by atoms with Crippen molar-refractivity contribution in [3.05, 3.63) is 42.0 Å². The fourth-order valence-corrected chi connectivity index (χ4v) is 3.19. The average molecular weight is 255 g/mol. The van der Waals surface area contributed by atoms with Gasteiger partial charge >= 0.3 is 0 Å². The predicted molar refractivity (Wildman–Crippen MR) is 80.0 cm³/mol. The SMILES string of the molecule is CNCC1(c2ccc3cc(OC)ccc3c2)CCC1. The molecule has 1 N–H and O–H groups in total. The maximum atomic E-state index is 5.28. The number of benzene rings is 2. The Morgan fingerprint density at radius 2 is 1.84 bits per heavy atom. The molecule has 0 saturated heterocycles. The molecule has 3 rings (SSSR count). The summed E-state index contributed by atoms with van der Waals surface area (Å²) in [5.41, 5.74) is 1.84. The summed E-state index contributed by atoms with van der Waals surface area (Å²) in [6, 6.07) is 13.2.